The van der Waals surface area contributed by atoms with Gasteiger partial charge in [-0.25, -0.2) is 4.79 Å². The van der Waals surface area contributed by atoms with E-state index in [1.54, 1.807) is 18.3 Å². The maximum absolute atomic E-state index is 12.9. The van der Waals surface area contributed by atoms with E-state index in [1.807, 2.05) is 60.7 Å². The molecule has 4 rings (SSSR count). The molecule has 2 aromatic carbocycles. The molecule has 1 amide bonds. The first-order valence-electron chi connectivity index (χ1n) is 8.77. The monoisotopic (exact) mass is 358 g/mol. The summed E-state index contributed by atoms with van der Waals surface area (Å²) in [6.07, 6.45) is 1.19. The van der Waals surface area contributed by atoms with Crippen LogP contribution in [0.15, 0.2) is 79.0 Å². The van der Waals surface area contributed by atoms with Gasteiger partial charge in [-0.2, -0.15) is 0 Å². The van der Waals surface area contributed by atoms with Crippen molar-refractivity contribution in [2.75, 3.05) is 0 Å². The van der Waals surface area contributed by atoms with Crippen LogP contribution in [0.3, 0.4) is 0 Å². The lowest BCUT2D eigenvalue weighted by Crippen LogP contribution is -2.43. The molecule has 1 aliphatic rings. The Labute approximate surface area is 157 Å². The normalized spacial score (nSPS) is 16.7. The van der Waals surface area contributed by atoms with E-state index in [4.69, 9.17) is 4.74 Å². The topological polar surface area (TPSA) is 68.3 Å². The molecule has 1 aliphatic heterocycles. The molecule has 5 heteroatoms. The van der Waals surface area contributed by atoms with Crippen molar-refractivity contribution in [3.8, 4) is 0 Å². The number of carbonyl (C=O) groups is 2. The minimum absolute atomic E-state index is 0.336. The van der Waals surface area contributed by atoms with Gasteiger partial charge in [0.25, 0.3) is 5.91 Å². The number of benzene rings is 2. The second kappa shape index (κ2) is 7.41. The van der Waals surface area contributed by atoms with Gasteiger partial charge in [0.15, 0.2) is 6.10 Å². The molecule has 1 N–H and O–H groups in total. The van der Waals surface area contributed by atoms with Gasteiger partial charge in [-0.05, 0) is 29.3 Å². The molecule has 0 radical (unpaired) electrons. The maximum atomic E-state index is 12.9. The summed E-state index contributed by atoms with van der Waals surface area (Å²) in [5.74, 6) is -0.802. The van der Waals surface area contributed by atoms with Crippen molar-refractivity contribution < 1.29 is 14.3 Å². The third-order valence-corrected chi connectivity index (χ3v) is 4.59. The number of nitrogens with one attached hydrogen (secondary N) is 1. The third kappa shape index (κ3) is 3.58. The maximum Gasteiger partial charge on any atom is 0.339 e. The van der Waals surface area contributed by atoms with Crippen molar-refractivity contribution in [1.29, 1.82) is 0 Å². The standard InChI is InChI=1S/C22H18N2O3/c25-21(19-14-16-10-4-5-11-17(16)22(26)27-19)24-20(15-8-2-1-3-9-15)18-12-6-7-13-23-18/h1-13,19-20H,14H2,(H,24,25)/t19-,20-/m1/s1. The van der Waals surface area contributed by atoms with Gasteiger partial charge >= 0.3 is 5.97 Å². The Balaban J connectivity index is 1.59. The Morgan fingerprint density at radius 3 is 2.52 bits per heavy atom. The highest BCUT2D eigenvalue weighted by Crippen LogP contribution is 2.23. The van der Waals surface area contributed by atoms with E-state index in [-0.39, 0.29) is 5.91 Å². The first-order chi connectivity index (χ1) is 13.2. The molecule has 27 heavy (non-hydrogen) atoms. The Morgan fingerprint density at radius 2 is 1.74 bits per heavy atom. The Kier molecular flexibility index (Phi) is 4.66. The Hall–Kier alpha value is -3.47. The van der Waals surface area contributed by atoms with E-state index in [2.05, 4.69) is 10.3 Å². The van der Waals surface area contributed by atoms with Crippen LogP contribution in [0.4, 0.5) is 0 Å². The molecule has 0 fully saturated rings. The van der Waals surface area contributed by atoms with Crippen molar-refractivity contribution in [2.45, 2.75) is 18.6 Å². The smallest absolute Gasteiger partial charge is 0.339 e. The number of rotatable bonds is 4. The van der Waals surface area contributed by atoms with Crippen molar-refractivity contribution in [1.82, 2.24) is 10.3 Å². The van der Waals surface area contributed by atoms with Crippen molar-refractivity contribution in [2.24, 2.45) is 0 Å². The highest BCUT2D eigenvalue weighted by molar-refractivity contribution is 5.95. The van der Waals surface area contributed by atoms with Crippen LogP contribution in [0.25, 0.3) is 0 Å². The average molecular weight is 358 g/mol. The zero-order chi connectivity index (χ0) is 18.6. The molecular weight excluding hydrogens is 340 g/mol. The van der Waals surface area contributed by atoms with Crippen LogP contribution in [0.2, 0.25) is 0 Å². The number of esters is 1. The molecule has 134 valence electrons. The quantitative estimate of drug-likeness (QED) is 0.728. The Morgan fingerprint density at radius 1 is 1.00 bits per heavy atom. The fourth-order valence-corrected chi connectivity index (χ4v) is 3.23. The van der Waals surface area contributed by atoms with Crippen LogP contribution in [0.5, 0.6) is 0 Å². The van der Waals surface area contributed by atoms with Crippen LogP contribution in [0, 0.1) is 0 Å². The number of cyclic esters (lactones) is 1. The van der Waals surface area contributed by atoms with Crippen molar-refractivity contribution in [3.63, 3.8) is 0 Å². The van der Waals surface area contributed by atoms with Gasteiger partial charge in [0, 0.05) is 12.6 Å². The van der Waals surface area contributed by atoms with E-state index in [0.29, 0.717) is 12.0 Å². The van der Waals surface area contributed by atoms with Crippen LogP contribution in [-0.4, -0.2) is 23.0 Å². The van der Waals surface area contributed by atoms with Gasteiger partial charge in [-0.1, -0.05) is 54.6 Å². The molecule has 5 nitrogen and oxygen atoms in total. The summed E-state index contributed by atoms with van der Waals surface area (Å²) in [5.41, 5.74) is 2.97. The summed E-state index contributed by atoms with van der Waals surface area (Å²) in [7, 11) is 0. The van der Waals surface area contributed by atoms with Gasteiger partial charge in [0.2, 0.25) is 0 Å². The molecule has 0 saturated heterocycles. The first-order valence-corrected chi connectivity index (χ1v) is 8.77. The Bertz CT molecular complexity index is 918. The number of hydrogen-bond acceptors (Lipinski definition) is 4. The number of nitrogens with zero attached hydrogens (tertiary/aromatic N) is 1. The number of ether oxygens (including phenoxy) is 1. The number of hydrogen-bond donors (Lipinski definition) is 1. The molecule has 0 aliphatic carbocycles. The second-order valence-electron chi connectivity index (χ2n) is 6.36. The van der Waals surface area contributed by atoms with Gasteiger partial charge < -0.3 is 10.1 Å². The molecule has 0 unspecified atom stereocenters. The van der Waals surface area contributed by atoms with E-state index >= 15 is 0 Å². The number of aromatic nitrogens is 1. The van der Waals surface area contributed by atoms with E-state index < -0.39 is 18.1 Å². The summed E-state index contributed by atoms with van der Waals surface area (Å²) in [6, 6.07) is 22.0. The van der Waals surface area contributed by atoms with Gasteiger partial charge in [0.1, 0.15) is 0 Å². The SMILES string of the molecule is O=C1O[C@@H](C(=O)N[C@H](c2ccccc2)c2ccccn2)Cc2ccccc21. The van der Waals surface area contributed by atoms with Crippen LogP contribution >= 0.6 is 0 Å². The first kappa shape index (κ1) is 17.0. The molecule has 0 spiro atoms. The van der Waals surface area contributed by atoms with E-state index in [0.717, 1.165) is 16.8 Å². The van der Waals surface area contributed by atoms with Gasteiger partial charge in [-0.3, -0.25) is 9.78 Å². The number of carbonyl (C=O) groups excluding carboxylic acids is 2. The number of fused-ring (bicyclic) bond motifs is 1. The largest absolute Gasteiger partial charge is 0.448 e. The lowest BCUT2D eigenvalue weighted by Gasteiger charge is -2.26. The van der Waals surface area contributed by atoms with Gasteiger partial charge in [-0.15, -0.1) is 0 Å². The molecule has 0 bridgehead atoms. The molecule has 3 aromatic rings. The molecule has 2 heterocycles. The lowest BCUT2D eigenvalue weighted by molar-refractivity contribution is -0.130. The summed E-state index contributed by atoms with van der Waals surface area (Å²) < 4.78 is 5.38. The van der Waals surface area contributed by atoms with Crippen LogP contribution in [-0.2, 0) is 16.0 Å². The summed E-state index contributed by atoms with van der Waals surface area (Å²) in [6.45, 7) is 0. The fraction of sp³-hybridized carbons (Fsp3) is 0.136. The predicted octanol–water partition coefficient (Wildman–Crippen LogP) is 3.07. The van der Waals surface area contributed by atoms with E-state index in [1.165, 1.54) is 0 Å². The highest BCUT2D eigenvalue weighted by Gasteiger charge is 2.32. The molecule has 0 saturated carbocycles. The lowest BCUT2D eigenvalue weighted by atomic mass is 9.97. The zero-order valence-corrected chi connectivity index (χ0v) is 14.5. The molecular formula is C22H18N2O3. The number of pyridine rings is 1. The predicted molar refractivity (Wildman–Crippen MR) is 100 cm³/mol. The van der Waals surface area contributed by atoms with Crippen LogP contribution < -0.4 is 5.32 Å². The zero-order valence-electron chi connectivity index (χ0n) is 14.5. The van der Waals surface area contributed by atoms with Crippen LogP contribution in [0.1, 0.15) is 33.2 Å². The fourth-order valence-electron chi connectivity index (χ4n) is 3.23. The average Bonchev–Trinajstić information content (AvgIpc) is 2.73. The third-order valence-electron chi connectivity index (χ3n) is 4.59. The van der Waals surface area contributed by atoms with Gasteiger partial charge in [0.05, 0.1) is 17.3 Å². The second-order valence-corrected chi connectivity index (χ2v) is 6.36. The highest BCUT2D eigenvalue weighted by atomic mass is 16.5. The summed E-state index contributed by atoms with van der Waals surface area (Å²) >= 11 is 0. The van der Waals surface area contributed by atoms with E-state index in [9.17, 15) is 9.59 Å². The minimum atomic E-state index is -0.859. The number of amides is 1. The summed E-state index contributed by atoms with van der Waals surface area (Å²) in [4.78, 5) is 29.5. The molecule has 1 aromatic heterocycles. The van der Waals surface area contributed by atoms with Crippen molar-refractivity contribution >= 4 is 11.9 Å². The minimum Gasteiger partial charge on any atom is -0.448 e. The van der Waals surface area contributed by atoms with Crippen molar-refractivity contribution in [3.05, 3.63) is 101 Å². The summed E-state index contributed by atoms with van der Waals surface area (Å²) in [5, 5.41) is 2.99. The molecule has 2 atom stereocenters.